The van der Waals surface area contributed by atoms with Crippen LogP contribution in [0, 0.1) is 11.3 Å². The first kappa shape index (κ1) is 8.06. The van der Waals surface area contributed by atoms with Crippen LogP contribution in [0.15, 0.2) is 0 Å². The molecule has 0 aromatic carbocycles. The zero-order chi connectivity index (χ0) is 7.78. The predicted molar refractivity (Wildman–Crippen MR) is 44.2 cm³/mol. The third-order valence-corrected chi connectivity index (χ3v) is 2.74. The van der Waals surface area contributed by atoms with Gasteiger partial charge in [0.05, 0.1) is 20.1 Å². The molecule has 1 N–H and O–H groups in total. The van der Waals surface area contributed by atoms with Gasteiger partial charge < -0.3 is 4.90 Å². The number of hydrogen-bond donors (Lipinski definition) is 1. The Balaban J connectivity index is 2.45. The number of hydrogen-bond acceptors (Lipinski definition) is 0. The average molecular weight is 142 g/mol. The van der Waals surface area contributed by atoms with Gasteiger partial charge in [-0.15, -0.1) is 0 Å². The van der Waals surface area contributed by atoms with E-state index in [4.69, 9.17) is 0 Å². The van der Waals surface area contributed by atoms with Crippen molar-refractivity contribution in [2.24, 2.45) is 11.3 Å². The van der Waals surface area contributed by atoms with Crippen molar-refractivity contribution in [3.05, 3.63) is 0 Å². The molecule has 2 atom stereocenters. The van der Waals surface area contributed by atoms with Crippen LogP contribution in [0.25, 0.3) is 0 Å². The number of likely N-dealkylation sites (tertiary alicyclic amines) is 1. The molecule has 0 aromatic rings. The van der Waals surface area contributed by atoms with Gasteiger partial charge in [-0.25, -0.2) is 0 Å². The first-order chi connectivity index (χ1) is 4.50. The summed E-state index contributed by atoms with van der Waals surface area (Å²) in [6, 6.07) is 0. The van der Waals surface area contributed by atoms with Gasteiger partial charge in [0.2, 0.25) is 0 Å². The van der Waals surface area contributed by atoms with E-state index >= 15 is 0 Å². The molecule has 0 spiro atoms. The molecule has 1 aliphatic heterocycles. The van der Waals surface area contributed by atoms with E-state index in [1.54, 1.807) is 4.90 Å². The van der Waals surface area contributed by atoms with Gasteiger partial charge >= 0.3 is 0 Å². The van der Waals surface area contributed by atoms with Crippen LogP contribution in [0.1, 0.15) is 27.2 Å². The van der Waals surface area contributed by atoms with Gasteiger partial charge in [0, 0.05) is 12.3 Å². The van der Waals surface area contributed by atoms with Crippen molar-refractivity contribution in [2.75, 3.05) is 20.1 Å². The van der Waals surface area contributed by atoms with E-state index in [1.165, 1.54) is 19.5 Å². The van der Waals surface area contributed by atoms with Crippen molar-refractivity contribution in [1.29, 1.82) is 0 Å². The summed E-state index contributed by atoms with van der Waals surface area (Å²) in [5, 5.41) is 0. The third kappa shape index (κ3) is 1.72. The van der Waals surface area contributed by atoms with Crippen LogP contribution < -0.4 is 4.90 Å². The summed E-state index contributed by atoms with van der Waals surface area (Å²) in [5.41, 5.74) is 0.539. The van der Waals surface area contributed by atoms with Crippen molar-refractivity contribution in [3.8, 4) is 0 Å². The second-order valence-electron chi connectivity index (χ2n) is 4.76. The summed E-state index contributed by atoms with van der Waals surface area (Å²) < 4.78 is 0. The molecule has 0 radical (unpaired) electrons. The Morgan fingerprint density at radius 1 is 1.30 bits per heavy atom. The molecular weight excluding hydrogens is 122 g/mol. The van der Waals surface area contributed by atoms with Crippen LogP contribution >= 0.6 is 0 Å². The summed E-state index contributed by atoms with van der Waals surface area (Å²) in [4.78, 5) is 1.71. The molecule has 0 saturated carbocycles. The summed E-state index contributed by atoms with van der Waals surface area (Å²) in [6.45, 7) is 9.83. The molecule has 0 bridgehead atoms. The largest absolute Gasteiger partial charge is 0.337 e. The number of quaternary nitrogens is 1. The van der Waals surface area contributed by atoms with E-state index in [0.29, 0.717) is 5.41 Å². The Bertz CT molecular complexity index is 112. The fraction of sp³-hybridized carbons (Fsp3) is 1.00. The molecule has 1 saturated heterocycles. The maximum atomic E-state index is 2.36. The normalized spacial score (nSPS) is 34.8. The van der Waals surface area contributed by atoms with Crippen LogP contribution in [0.2, 0.25) is 0 Å². The van der Waals surface area contributed by atoms with Crippen molar-refractivity contribution >= 4 is 0 Å². The van der Waals surface area contributed by atoms with E-state index in [1.807, 2.05) is 0 Å². The summed E-state index contributed by atoms with van der Waals surface area (Å²) in [7, 11) is 2.30. The lowest BCUT2D eigenvalue weighted by Crippen LogP contribution is -3.07. The fourth-order valence-corrected chi connectivity index (χ4v) is 1.78. The average Bonchev–Trinajstić information content (AvgIpc) is 2.11. The maximum Gasteiger partial charge on any atom is 0.0804 e. The van der Waals surface area contributed by atoms with Gasteiger partial charge in [-0.2, -0.15) is 0 Å². The number of rotatable bonds is 0. The molecule has 1 rings (SSSR count). The topological polar surface area (TPSA) is 4.44 Å². The van der Waals surface area contributed by atoms with Gasteiger partial charge in [-0.1, -0.05) is 20.8 Å². The van der Waals surface area contributed by atoms with Gasteiger partial charge in [-0.3, -0.25) is 0 Å². The Morgan fingerprint density at radius 3 is 2.10 bits per heavy atom. The smallest absolute Gasteiger partial charge is 0.0804 e. The van der Waals surface area contributed by atoms with E-state index in [0.717, 1.165) is 5.92 Å². The summed E-state index contributed by atoms with van der Waals surface area (Å²) in [6.07, 6.45) is 1.43. The highest BCUT2D eigenvalue weighted by molar-refractivity contribution is 4.75. The lowest BCUT2D eigenvalue weighted by Gasteiger charge is -2.24. The molecular formula is C9H20N+. The second kappa shape index (κ2) is 2.54. The van der Waals surface area contributed by atoms with Crippen LogP contribution in [0.5, 0.6) is 0 Å². The summed E-state index contributed by atoms with van der Waals surface area (Å²) in [5.74, 6) is 0.951. The minimum Gasteiger partial charge on any atom is -0.337 e. The molecule has 1 nitrogen and oxygen atoms in total. The maximum absolute atomic E-state index is 2.36. The van der Waals surface area contributed by atoms with Crippen molar-refractivity contribution in [2.45, 2.75) is 27.2 Å². The predicted octanol–water partition coefficient (Wildman–Crippen LogP) is 0.567. The van der Waals surface area contributed by atoms with Gasteiger partial charge in [-0.05, 0) is 5.41 Å². The van der Waals surface area contributed by atoms with Crippen LogP contribution in [0.4, 0.5) is 0 Å². The molecule has 1 heteroatoms. The quantitative estimate of drug-likeness (QED) is 0.504. The van der Waals surface area contributed by atoms with E-state index in [-0.39, 0.29) is 0 Å². The van der Waals surface area contributed by atoms with Crippen molar-refractivity contribution < 1.29 is 4.90 Å². The first-order valence-corrected chi connectivity index (χ1v) is 4.31. The van der Waals surface area contributed by atoms with Gasteiger partial charge in [0.25, 0.3) is 0 Å². The zero-order valence-corrected chi connectivity index (χ0v) is 7.70. The van der Waals surface area contributed by atoms with Crippen LogP contribution in [-0.2, 0) is 0 Å². The highest BCUT2D eigenvalue weighted by Gasteiger charge is 2.32. The molecule has 0 aliphatic carbocycles. The monoisotopic (exact) mass is 142 g/mol. The van der Waals surface area contributed by atoms with Crippen LogP contribution in [-0.4, -0.2) is 20.1 Å². The van der Waals surface area contributed by atoms with Crippen molar-refractivity contribution in [3.63, 3.8) is 0 Å². The van der Waals surface area contributed by atoms with Gasteiger partial charge in [0.15, 0.2) is 0 Å². The Morgan fingerprint density at radius 2 is 1.90 bits per heavy atom. The second-order valence-corrected chi connectivity index (χ2v) is 4.76. The lowest BCUT2D eigenvalue weighted by atomic mass is 9.80. The van der Waals surface area contributed by atoms with Gasteiger partial charge in [0.1, 0.15) is 0 Å². The highest BCUT2D eigenvalue weighted by atomic mass is 15.1. The van der Waals surface area contributed by atoms with Crippen molar-refractivity contribution in [1.82, 2.24) is 0 Å². The van der Waals surface area contributed by atoms with E-state index in [9.17, 15) is 0 Å². The molecule has 60 valence electrons. The number of nitrogens with one attached hydrogen (secondary N) is 1. The van der Waals surface area contributed by atoms with E-state index in [2.05, 4.69) is 27.8 Å². The molecule has 1 fully saturated rings. The molecule has 2 unspecified atom stereocenters. The summed E-state index contributed by atoms with van der Waals surface area (Å²) >= 11 is 0. The lowest BCUT2D eigenvalue weighted by molar-refractivity contribution is -0.868. The molecule has 0 amide bonds. The van der Waals surface area contributed by atoms with E-state index < -0.39 is 0 Å². The molecule has 1 heterocycles. The molecule has 1 aliphatic rings. The highest BCUT2D eigenvalue weighted by Crippen LogP contribution is 2.28. The molecule has 0 aromatic heterocycles. The first-order valence-electron chi connectivity index (χ1n) is 4.31. The Kier molecular flexibility index (Phi) is 2.04. The molecule has 10 heavy (non-hydrogen) atoms. The SMILES string of the molecule is C[NH+]1CCC(C(C)(C)C)C1. The zero-order valence-electron chi connectivity index (χ0n) is 7.70. The fourth-order valence-electron chi connectivity index (χ4n) is 1.78. The minimum atomic E-state index is 0.539. The third-order valence-electron chi connectivity index (χ3n) is 2.74. The minimum absolute atomic E-state index is 0.539. The Labute approximate surface area is 64.4 Å². The van der Waals surface area contributed by atoms with Crippen LogP contribution in [0.3, 0.4) is 0 Å². The standard InChI is InChI=1S/C9H19N/c1-9(2,3)8-5-6-10(4)7-8/h8H,5-7H2,1-4H3/p+1. The Hall–Kier alpha value is -0.0400.